The third-order valence-electron chi connectivity index (χ3n) is 13.2. The predicted octanol–water partition coefficient (Wildman–Crippen LogP) is 10.1. The van der Waals surface area contributed by atoms with Gasteiger partial charge in [0.05, 0.1) is 81.1 Å². The molecule has 0 radical (unpaired) electrons. The number of fused-ring (bicyclic) bond motifs is 4. The molecule has 1 aliphatic heterocycles. The Morgan fingerprint density at radius 2 is 1.00 bits per heavy atom. The van der Waals surface area contributed by atoms with Crippen LogP contribution in [0.5, 0.6) is 0 Å². The molecule has 15 nitrogen and oxygen atoms in total. The van der Waals surface area contributed by atoms with E-state index in [4.69, 9.17) is 33.5 Å². The quantitative estimate of drug-likeness (QED) is 0.00768. The molecule has 1 saturated heterocycles. The number of epoxide rings is 1. The number of benzene rings is 4. The molecule has 2 aromatic heterocycles. The fourth-order valence-corrected chi connectivity index (χ4v) is 10.9. The standard InChI is InChI=1S/C24H24O7S.C16H36N.C14H8O3S.C10H16O4.CH4.BrH/c1-2-21(26)30-13-6-5-12-29-14-16(25)15-31-24(28)18-9-7-11-20-22(18)23(27)17-8-3-4-10-19(17)32-20;1-5-9-13-17(14-10-6-2,15-11-7-3)16-12-8-4;15-13-8-4-1-2-6-10(8)18-11-7-3-5-9(12(11)13)14(16)17;1-2-10(11)13-6-4-3-5-12-7-9-8-14-9;;/h2-4,7-11,16,25H,1,5-6,12-15H2;5-16H2,1-4H3;1-7H,(H,16,17);2,9H,1,3-8H2;1H4;1H/q;+1;;;;/p-1. The minimum atomic E-state index is -1.07. The van der Waals surface area contributed by atoms with Gasteiger partial charge in [0, 0.05) is 54.9 Å². The molecule has 4 aromatic carbocycles. The first-order valence-electron chi connectivity index (χ1n) is 28.4. The minimum absolute atomic E-state index is 0. The number of hydrogen-bond donors (Lipinski definition) is 2. The predicted molar refractivity (Wildman–Crippen MR) is 333 cm³/mol. The lowest BCUT2D eigenvalue weighted by molar-refractivity contribution is -0.929. The summed E-state index contributed by atoms with van der Waals surface area (Å²) in [5.74, 6) is -2.57. The number of carbonyl (C=O) groups excluding carboxylic acids is 3. The first-order chi connectivity index (χ1) is 39.3. The molecular weight excluding hydrogens is 1160 g/mol. The molecule has 2 atom stereocenters. The number of quaternary nitrogens is 1. The lowest BCUT2D eigenvalue weighted by atomic mass is 10.1. The van der Waals surface area contributed by atoms with Crippen molar-refractivity contribution < 1.29 is 79.3 Å². The minimum Gasteiger partial charge on any atom is -1.00 e. The molecule has 0 bridgehead atoms. The average molecular weight is 1250 g/mol. The molecule has 83 heavy (non-hydrogen) atoms. The van der Waals surface area contributed by atoms with E-state index in [1.54, 1.807) is 54.6 Å². The Balaban J connectivity index is 0.000000398. The van der Waals surface area contributed by atoms with E-state index in [-0.39, 0.29) is 72.2 Å². The largest absolute Gasteiger partial charge is 1.00 e. The van der Waals surface area contributed by atoms with Crippen LogP contribution in [0.1, 0.15) is 133 Å². The maximum absolute atomic E-state index is 13.0. The van der Waals surface area contributed by atoms with Crippen LogP contribution >= 0.6 is 22.7 Å². The zero-order chi connectivity index (χ0) is 58.8. The lowest BCUT2D eigenvalue weighted by Crippen LogP contribution is -3.00. The summed E-state index contributed by atoms with van der Waals surface area (Å²) < 4.78 is 35.1. The molecule has 2 unspecified atom stereocenters. The normalized spacial score (nSPS) is 12.6. The van der Waals surface area contributed by atoms with Crippen molar-refractivity contribution in [2.24, 2.45) is 0 Å². The highest BCUT2D eigenvalue weighted by molar-refractivity contribution is 7.25. The highest BCUT2D eigenvalue weighted by atomic mass is 79.9. The van der Waals surface area contributed by atoms with Gasteiger partial charge < -0.3 is 60.1 Å². The number of rotatable bonds is 32. The fourth-order valence-electron chi connectivity index (χ4n) is 8.66. The SMILES string of the molecule is C.C=CC(=O)OCCCCOCC(O)COC(=O)c1cccc2sc3ccccc3c(=O)c12.C=CC(=O)OCCCCOCC1CO1.CCCC[N+](CCCC)(CCCC)CCCC.O=C(O)c1cccc2sc3ccccc3c(=O)c12.[Br-]. The Bertz CT molecular complexity index is 3010. The summed E-state index contributed by atoms with van der Waals surface area (Å²) in [6, 6.07) is 24.5. The number of aliphatic hydroxyl groups is 1. The van der Waals surface area contributed by atoms with Gasteiger partial charge in [0.1, 0.15) is 18.8 Å². The van der Waals surface area contributed by atoms with Crippen LogP contribution in [0, 0.1) is 0 Å². The molecule has 0 aliphatic carbocycles. The number of carboxylic acids is 1. The van der Waals surface area contributed by atoms with Gasteiger partial charge in [-0.2, -0.15) is 0 Å². The number of ether oxygens (including phenoxy) is 6. The monoisotopic (exact) mass is 1250 g/mol. The van der Waals surface area contributed by atoms with Crippen LogP contribution in [0.25, 0.3) is 40.3 Å². The molecule has 7 rings (SSSR count). The van der Waals surface area contributed by atoms with Crippen LogP contribution in [-0.4, -0.2) is 130 Å². The molecular formula is C65H88BrNO14S2. The molecule has 2 N–H and O–H groups in total. The van der Waals surface area contributed by atoms with Crippen molar-refractivity contribution in [3.05, 3.63) is 142 Å². The van der Waals surface area contributed by atoms with Crippen LogP contribution < -0.4 is 27.8 Å². The highest BCUT2D eigenvalue weighted by Gasteiger charge is 2.25. The van der Waals surface area contributed by atoms with E-state index in [9.17, 15) is 33.9 Å². The number of carbonyl (C=O) groups is 4. The van der Waals surface area contributed by atoms with Crippen molar-refractivity contribution in [2.75, 3.05) is 79.0 Å². The van der Waals surface area contributed by atoms with E-state index in [0.717, 1.165) is 34.9 Å². The number of halogens is 1. The van der Waals surface area contributed by atoms with Crippen molar-refractivity contribution >= 4 is 86.9 Å². The van der Waals surface area contributed by atoms with Gasteiger partial charge in [-0.3, -0.25) is 9.59 Å². The summed E-state index contributed by atoms with van der Waals surface area (Å²) in [7, 11) is 0. The van der Waals surface area contributed by atoms with E-state index in [1.807, 2.05) is 24.3 Å². The summed E-state index contributed by atoms with van der Waals surface area (Å²) in [5, 5.41) is 20.9. The van der Waals surface area contributed by atoms with Gasteiger partial charge in [0.15, 0.2) is 10.9 Å². The Morgan fingerprint density at radius 3 is 1.43 bits per heavy atom. The topological polar surface area (TPSA) is 202 Å². The van der Waals surface area contributed by atoms with Crippen molar-refractivity contribution in [3.63, 3.8) is 0 Å². The maximum atomic E-state index is 13.0. The summed E-state index contributed by atoms with van der Waals surface area (Å²) in [6.45, 7) is 24.7. The second-order valence-electron chi connectivity index (χ2n) is 19.7. The van der Waals surface area contributed by atoms with Crippen molar-refractivity contribution in [3.8, 4) is 0 Å². The summed E-state index contributed by atoms with van der Waals surface area (Å²) >= 11 is 2.87. The molecule has 456 valence electrons. The van der Waals surface area contributed by atoms with E-state index in [0.29, 0.717) is 76.3 Å². The van der Waals surface area contributed by atoms with Gasteiger partial charge in [-0.1, -0.05) is 110 Å². The van der Waals surface area contributed by atoms with Crippen LogP contribution in [-0.2, 0) is 38.0 Å². The van der Waals surface area contributed by atoms with Crippen LogP contribution in [0.2, 0.25) is 0 Å². The maximum Gasteiger partial charge on any atom is 0.339 e. The first-order valence-corrected chi connectivity index (χ1v) is 30.1. The molecule has 1 aliphatic rings. The molecule has 18 heteroatoms. The average Bonchev–Trinajstić information content (AvgIpc) is 3.09. The third kappa shape index (κ3) is 25.6. The van der Waals surface area contributed by atoms with Gasteiger partial charge in [0.25, 0.3) is 0 Å². The van der Waals surface area contributed by atoms with Gasteiger partial charge in [-0.05, 0) is 99.9 Å². The molecule has 0 saturated carbocycles. The second kappa shape index (κ2) is 41.3. The number of aliphatic hydroxyl groups excluding tert-OH is 1. The van der Waals surface area contributed by atoms with Crippen molar-refractivity contribution in [2.45, 2.75) is 124 Å². The Kier molecular flexibility index (Phi) is 36.6. The lowest BCUT2D eigenvalue weighted by Gasteiger charge is -2.39. The highest BCUT2D eigenvalue weighted by Crippen LogP contribution is 2.28. The summed E-state index contributed by atoms with van der Waals surface area (Å²) in [5.41, 5.74) is -0.182. The second-order valence-corrected chi connectivity index (χ2v) is 21.9. The van der Waals surface area contributed by atoms with Gasteiger partial charge in [0.2, 0.25) is 0 Å². The van der Waals surface area contributed by atoms with E-state index >= 15 is 0 Å². The van der Waals surface area contributed by atoms with E-state index in [2.05, 4.69) is 40.9 Å². The zero-order valence-corrected chi connectivity index (χ0v) is 51.4. The molecule has 0 spiro atoms. The van der Waals surface area contributed by atoms with Gasteiger partial charge in [-0.15, -0.1) is 22.7 Å². The summed E-state index contributed by atoms with van der Waals surface area (Å²) in [6.07, 6.45) is 15.7. The van der Waals surface area contributed by atoms with Gasteiger partial charge in [-0.25, -0.2) is 19.2 Å². The van der Waals surface area contributed by atoms with Gasteiger partial charge >= 0.3 is 23.9 Å². The number of esters is 3. The smallest absolute Gasteiger partial charge is 0.339 e. The number of unbranched alkanes of at least 4 members (excludes halogenated alkanes) is 6. The molecule has 0 amide bonds. The number of nitrogens with zero attached hydrogens (tertiary/aromatic N) is 1. The van der Waals surface area contributed by atoms with Crippen LogP contribution in [0.4, 0.5) is 0 Å². The van der Waals surface area contributed by atoms with Crippen molar-refractivity contribution in [1.29, 1.82) is 0 Å². The molecule has 1 fully saturated rings. The van der Waals surface area contributed by atoms with Crippen molar-refractivity contribution in [1.82, 2.24) is 0 Å². The van der Waals surface area contributed by atoms with E-state index < -0.39 is 24.0 Å². The Labute approximate surface area is 508 Å². The third-order valence-corrected chi connectivity index (χ3v) is 15.5. The number of hydrogen-bond acceptors (Lipinski definition) is 15. The van der Waals surface area contributed by atoms with Crippen LogP contribution in [0.15, 0.2) is 120 Å². The van der Waals surface area contributed by atoms with Crippen LogP contribution in [0.3, 0.4) is 0 Å². The molecule has 6 aromatic rings. The van der Waals surface area contributed by atoms with E-state index in [1.165, 1.54) is 117 Å². The number of carboxylic acid groups (broad SMARTS) is 1. The Hall–Kier alpha value is -5.70. The Morgan fingerprint density at radius 1 is 0.590 bits per heavy atom. The number of aromatic carboxylic acids is 1. The molecule has 3 heterocycles. The zero-order valence-electron chi connectivity index (χ0n) is 48.2. The summed E-state index contributed by atoms with van der Waals surface area (Å²) in [4.78, 5) is 70.6. The first kappa shape index (κ1) is 73.4. The fraction of sp³-hybridized carbons (Fsp3) is 0.477.